The lowest BCUT2D eigenvalue weighted by atomic mass is 10.3. The summed E-state index contributed by atoms with van der Waals surface area (Å²) >= 11 is 0. The molecule has 0 spiro atoms. The highest BCUT2D eigenvalue weighted by Gasteiger charge is 1.98. The Balaban J connectivity index is 0. The molecule has 0 fully saturated rings. The molecule has 2 amide bonds. The molecule has 0 radical (unpaired) electrons. The molecule has 3 heteroatoms. The van der Waals surface area contributed by atoms with Gasteiger partial charge in [0.2, 0.25) is 0 Å². The van der Waals surface area contributed by atoms with Crippen LogP contribution in [0, 0.1) is 0 Å². The average Bonchev–Trinajstić information content (AvgIpc) is 2.28. The summed E-state index contributed by atoms with van der Waals surface area (Å²) in [5.74, 6) is 0. The monoisotopic (exact) mass is 212 g/mol. The Kier molecular flexibility index (Phi) is 13.8. The van der Waals surface area contributed by atoms with Crippen LogP contribution in [0.15, 0.2) is 23.9 Å². The van der Waals surface area contributed by atoms with Crippen LogP contribution in [0.5, 0.6) is 0 Å². The lowest BCUT2D eigenvalue weighted by Crippen LogP contribution is -2.34. The van der Waals surface area contributed by atoms with Crippen LogP contribution in [0.25, 0.3) is 0 Å². The molecule has 0 saturated carbocycles. The molecule has 15 heavy (non-hydrogen) atoms. The topological polar surface area (TPSA) is 41.1 Å². The van der Waals surface area contributed by atoms with Crippen molar-refractivity contribution < 1.29 is 4.79 Å². The summed E-state index contributed by atoms with van der Waals surface area (Å²) in [7, 11) is 0. The van der Waals surface area contributed by atoms with E-state index in [0.29, 0.717) is 6.54 Å². The van der Waals surface area contributed by atoms with E-state index in [4.69, 9.17) is 0 Å². The Bertz CT molecular complexity index is 208. The van der Waals surface area contributed by atoms with E-state index in [1.165, 1.54) is 0 Å². The van der Waals surface area contributed by atoms with Gasteiger partial charge < -0.3 is 10.6 Å². The van der Waals surface area contributed by atoms with Gasteiger partial charge in [-0.2, -0.15) is 0 Å². The van der Waals surface area contributed by atoms with Crippen molar-refractivity contribution in [2.45, 2.75) is 41.0 Å². The highest BCUT2D eigenvalue weighted by Crippen LogP contribution is 1.90. The SMILES string of the molecule is C/C=C\C(=C/C)NC(=O)NCCC.CC. The Morgan fingerprint density at radius 3 is 2.27 bits per heavy atom. The van der Waals surface area contributed by atoms with Crippen molar-refractivity contribution in [1.29, 1.82) is 0 Å². The van der Waals surface area contributed by atoms with Crippen LogP contribution in [0.3, 0.4) is 0 Å². The average molecular weight is 212 g/mol. The Labute approximate surface area is 93.6 Å². The highest BCUT2D eigenvalue weighted by atomic mass is 16.2. The molecule has 0 aromatic rings. The van der Waals surface area contributed by atoms with Crippen molar-refractivity contribution in [2.24, 2.45) is 0 Å². The molecule has 0 aromatic heterocycles. The number of amides is 2. The summed E-state index contributed by atoms with van der Waals surface area (Å²) in [4.78, 5) is 11.1. The molecule has 0 aromatic carbocycles. The zero-order chi connectivity index (χ0) is 12.1. The Morgan fingerprint density at radius 2 is 1.87 bits per heavy atom. The van der Waals surface area contributed by atoms with Crippen molar-refractivity contribution in [1.82, 2.24) is 10.6 Å². The predicted molar refractivity (Wildman–Crippen MR) is 66.7 cm³/mol. The van der Waals surface area contributed by atoms with Gasteiger partial charge in [0.05, 0.1) is 0 Å². The fraction of sp³-hybridized carbons (Fsp3) is 0.583. The number of rotatable bonds is 4. The van der Waals surface area contributed by atoms with E-state index in [1.807, 2.05) is 52.8 Å². The first-order chi connectivity index (χ1) is 7.24. The predicted octanol–water partition coefficient (Wildman–Crippen LogP) is 3.20. The van der Waals surface area contributed by atoms with Crippen LogP contribution < -0.4 is 10.6 Å². The van der Waals surface area contributed by atoms with E-state index >= 15 is 0 Å². The molecule has 0 heterocycles. The third-order valence-corrected chi connectivity index (χ3v) is 1.45. The summed E-state index contributed by atoms with van der Waals surface area (Å²) in [5.41, 5.74) is 0.816. The number of nitrogens with one attached hydrogen (secondary N) is 2. The lowest BCUT2D eigenvalue weighted by Gasteiger charge is -2.06. The number of urea groups is 1. The fourth-order valence-corrected chi connectivity index (χ4v) is 0.803. The number of allylic oxidation sites excluding steroid dienone is 3. The minimum absolute atomic E-state index is 0.145. The van der Waals surface area contributed by atoms with Crippen molar-refractivity contribution in [3.8, 4) is 0 Å². The van der Waals surface area contributed by atoms with Gasteiger partial charge in [0.1, 0.15) is 0 Å². The second-order valence-corrected chi connectivity index (χ2v) is 2.62. The first-order valence-corrected chi connectivity index (χ1v) is 5.58. The van der Waals surface area contributed by atoms with Gasteiger partial charge in [0, 0.05) is 12.2 Å². The van der Waals surface area contributed by atoms with Crippen molar-refractivity contribution in [3.05, 3.63) is 23.9 Å². The minimum atomic E-state index is -0.145. The lowest BCUT2D eigenvalue weighted by molar-refractivity contribution is 0.243. The van der Waals surface area contributed by atoms with E-state index in [-0.39, 0.29) is 6.03 Å². The van der Waals surface area contributed by atoms with E-state index in [2.05, 4.69) is 10.6 Å². The molecule has 0 unspecified atom stereocenters. The summed E-state index contributed by atoms with van der Waals surface area (Å²) in [6, 6.07) is -0.145. The fourth-order valence-electron chi connectivity index (χ4n) is 0.803. The van der Waals surface area contributed by atoms with Gasteiger partial charge in [-0.3, -0.25) is 0 Å². The molecule has 0 saturated heterocycles. The number of carbonyl (C=O) groups is 1. The molecule has 0 aliphatic carbocycles. The molecule has 0 bridgehead atoms. The van der Waals surface area contributed by atoms with Gasteiger partial charge in [-0.25, -0.2) is 4.79 Å². The quantitative estimate of drug-likeness (QED) is 0.690. The zero-order valence-corrected chi connectivity index (χ0v) is 10.6. The highest BCUT2D eigenvalue weighted by molar-refractivity contribution is 5.76. The van der Waals surface area contributed by atoms with Gasteiger partial charge in [0.25, 0.3) is 0 Å². The van der Waals surface area contributed by atoms with Crippen LogP contribution >= 0.6 is 0 Å². The third kappa shape index (κ3) is 10.7. The van der Waals surface area contributed by atoms with Crippen molar-refractivity contribution >= 4 is 6.03 Å². The van der Waals surface area contributed by atoms with Crippen molar-refractivity contribution in [2.75, 3.05) is 6.54 Å². The number of hydrogen-bond acceptors (Lipinski definition) is 1. The molecular formula is C12H24N2O. The van der Waals surface area contributed by atoms with Gasteiger partial charge in [0.15, 0.2) is 0 Å². The molecular weight excluding hydrogens is 188 g/mol. The smallest absolute Gasteiger partial charge is 0.319 e. The van der Waals surface area contributed by atoms with Crippen LogP contribution in [-0.2, 0) is 0 Å². The van der Waals surface area contributed by atoms with Crippen LogP contribution in [0.1, 0.15) is 41.0 Å². The standard InChI is InChI=1S/C10H18N2O.C2H6/c1-4-7-9(6-3)12-10(13)11-8-5-2;1-2/h4,6-7H,5,8H2,1-3H3,(H2,11,12,13);1-2H3/b7-4-,9-6+;. The van der Waals surface area contributed by atoms with E-state index < -0.39 is 0 Å². The third-order valence-electron chi connectivity index (χ3n) is 1.45. The summed E-state index contributed by atoms with van der Waals surface area (Å²) in [6.45, 7) is 10.5. The second-order valence-electron chi connectivity index (χ2n) is 2.62. The largest absolute Gasteiger partial charge is 0.338 e. The normalized spacial score (nSPS) is 10.6. The molecule has 0 aliphatic rings. The molecule has 0 aliphatic heterocycles. The summed E-state index contributed by atoms with van der Waals surface area (Å²) < 4.78 is 0. The molecule has 88 valence electrons. The minimum Gasteiger partial charge on any atom is -0.338 e. The van der Waals surface area contributed by atoms with Gasteiger partial charge in [-0.05, 0) is 26.3 Å². The van der Waals surface area contributed by atoms with Crippen molar-refractivity contribution in [3.63, 3.8) is 0 Å². The maximum absolute atomic E-state index is 11.1. The maximum atomic E-state index is 11.1. The second kappa shape index (κ2) is 12.8. The number of carbonyl (C=O) groups excluding carboxylic acids is 1. The number of hydrogen-bond donors (Lipinski definition) is 2. The van der Waals surface area contributed by atoms with Gasteiger partial charge >= 0.3 is 6.03 Å². The molecule has 0 atom stereocenters. The zero-order valence-electron chi connectivity index (χ0n) is 10.6. The Hall–Kier alpha value is -1.25. The summed E-state index contributed by atoms with van der Waals surface area (Å²) in [6.07, 6.45) is 6.54. The summed E-state index contributed by atoms with van der Waals surface area (Å²) in [5, 5.41) is 5.46. The Morgan fingerprint density at radius 1 is 1.27 bits per heavy atom. The molecule has 3 nitrogen and oxygen atoms in total. The van der Waals surface area contributed by atoms with Gasteiger partial charge in [-0.15, -0.1) is 0 Å². The maximum Gasteiger partial charge on any atom is 0.319 e. The van der Waals surface area contributed by atoms with E-state index in [9.17, 15) is 4.79 Å². The first-order valence-electron chi connectivity index (χ1n) is 5.58. The van der Waals surface area contributed by atoms with Crippen LogP contribution in [0.2, 0.25) is 0 Å². The molecule has 0 rings (SSSR count). The van der Waals surface area contributed by atoms with Crippen LogP contribution in [0.4, 0.5) is 4.79 Å². The molecule has 2 N–H and O–H groups in total. The van der Waals surface area contributed by atoms with Crippen LogP contribution in [-0.4, -0.2) is 12.6 Å². The van der Waals surface area contributed by atoms with E-state index in [1.54, 1.807) is 0 Å². The first kappa shape index (κ1) is 16.2. The van der Waals surface area contributed by atoms with Gasteiger partial charge in [-0.1, -0.05) is 32.9 Å². The van der Waals surface area contributed by atoms with E-state index in [0.717, 1.165) is 12.1 Å².